The molecule has 1 amide bonds. The number of nitrogens with two attached hydrogens (primary N) is 1. The normalized spacial score (nSPS) is 15.9. The van der Waals surface area contributed by atoms with Crippen molar-refractivity contribution in [2.24, 2.45) is 0 Å². The van der Waals surface area contributed by atoms with E-state index in [1.807, 2.05) is 23.2 Å². The Hall–Kier alpha value is -3.25. The molecule has 0 aliphatic carbocycles. The molecular weight excluding hydrogens is 350 g/mol. The molecule has 2 N–H and O–H groups in total. The van der Waals surface area contributed by atoms with Gasteiger partial charge in [0, 0.05) is 51.0 Å². The van der Waals surface area contributed by atoms with Gasteiger partial charge in [0.15, 0.2) is 0 Å². The Labute approximate surface area is 164 Å². The van der Waals surface area contributed by atoms with E-state index in [0.717, 1.165) is 18.7 Å². The second-order valence-corrected chi connectivity index (χ2v) is 6.93. The summed E-state index contributed by atoms with van der Waals surface area (Å²) in [7, 11) is 0. The maximum atomic E-state index is 12.8. The summed E-state index contributed by atoms with van der Waals surface area (Å²) in [6.45, 7) is 2.90. The van der Waals surface area contributed by atoms with Crippen LogP contribution in [0.3, 0.4) is 0 Å². The van der Waals surface area contributed by atoms with Crippen LogP contribution in [0.2, 0.25) is 0 Å². The van der Waals surface area contributed by atoms with Crippen LogP contribution in [0.4, 0.5) is 5.69 Å². The van der Waals surface area contributed by atoms with Crippen molar-refractivity contribution in [1.29, 1.82) is 0 Å². The first-order valence-electron chi connectivity index (χ1n) is 9.41. The first-order valence-corrected chi connectivity index (χ1v) is 9.41. The average Bonchev–Trinajstić information content (AvgIpc) is 2.75. The van der Waals surface area contributed by atoms with Crippen LogP contribution in [-0.4, -0.2) is 51.9 Å². The molecule has 1 aromatic carbocycles. The van der Waals surface area contributed by atoms with Gasteiger partial charge < -0.3 is 10.6 Å². The number of hydrogen-bond donors (Lipinski definition) is 1. The van der Waals surface area contributed by atoms with Gasteiger partial charge in [-0.3, -0.25) is 19.7 Å². The molecule has 3 heterocycles. The molecule has 6 nitrogen and oxygen atoms in total. The van der Waals surface area contributed by atoms with Gasteiger partial charge in [-0.1, -0.05) is 36.4 Å². The third-order valence-corrected chi connectivity index (χ3v) is 5.09. The summed E-state index contributed by atoms with van der Waals surface area (Å²) in [5, 5.41) is 0. The lowest BCUT2D eigenvalue weighted by Gasteiger charge is -2.39. The van der Waals surface area contributed by atoms with Gasteiger partial charge in [0.05, 0.1) is 17.3 Å². The van der Waals surface area contributed by atoms with Crippen molar-refractivity contribution in [2.75, 3.05) is 31.9 Å². The van der Waals surface area contributed by atoms with Crippen molar-refractivity contribution < 1.29 is 4.79 Å². The number of pyridine rings is 2. The maximum Gasteiger partial charge on any atom is 0.255 e. The van der Waals surface area contributed by atoms with Crippen LogP contribution >= 0.6 is 0 Å². The van der Waals surface area contributed by atoms with Gasteiger partial charge >= 0.3 is 0 Å². The molecule has 142 valence electrons. The second kappa shape index (κ2) is 8.19. The number of piperazine rings is 1. The van der Waals surface area contributed by atoms with E-state index in [1.165, 1.54) is 5.56 Å². The summed E-state index contributed by atoms with van der Waals surface area (Å²) in [4.78, 5) is 25.4. The Bertz CT molecular complexity index is 884. The monoisotopic (exact) mass is 373 g/mol. The molecule has 0 spiro atoms. The quantitative estimate of drug-likeness (QED) is 0.761. The van der Waals surface area contributed by atoms with Crippen molar-refractivity contribution in [3.63, 3.8) is 0 Å². The summed E-state index contributed by atoms with van der Waals surface area (Å²) in [6.07, 6.45) is 6.84. The number of aromatic nitrogens is 2. The van der Waals surface area contributed by atoms with E-state index in [1.54, 1.807) is 24.7 Å². The van der Waals surface area contributed by atoms with Crippen LogP contribution in [0.5, 0.6) is 0 Å². The number of amides is 1. The van der Waals surface area contributed by atoms with Crippen LogP contribution in [0.25, 0.3) is 0 Å². The Morgan fingerprint density at radius 2 is 1.64 bits per heavy atom. The number of benzene rings is 1. The van der Waals surface area contributed by atoms with Gasteiger partial charge in [0.2, 0.25) is 0 Å². The minimum Gasteiger partial charge on any atom is -0.397 e. The van der Waals surface area contributed by atoms with Crippen molar-refractivity contribution in [1.82, 2.24) is 19.8 Å². The summed E-state index contributed by atoms with van der Waals surface area (Å²) in [5.74, 6) is -0.0166. The summed E-state index contributed by atoms with van der Waals surface area (Å²) in [6, 6.07) is 16.3. The zero-order chi connectivity index (χ0) is 19.3. The van der Waals surface area contributed by atoms with E-state index in [9.17, 15) is 4.79 Å². The fourth-order valence-corrected chi connectivity index (χ4v) is 3.73. The number of anilines is 1. The van der Waals surface area contributed by atoms with E-state index in [4.69, 9.17) is 5.73 Å². The molecule has 4 rings (SSSR count). The summed E-state index contributed by atoms with van der Waals surface area (Å²) in [5.41, 5.74) is 9.21. The molecule has 6 heteroatoms. The highest BCUT2D eigenvalue weighted by molar-refractivity contribution is 5.94. The first kappa shape index (κ1) is 18.1. The number of carbonyl (C=O) groups excluding carboxylic acids is 1. The van der Waals surface area contributed by atoms with Crippen molar-refractivity contribution in [2.45, 2.75) is 6.04 Å². The van der Waals surface area contributed by atoms with Crippen LogP contribution in [0.1, 0.15) is 27.5 Å². The highest BCUT2D eigenvalue weighted by Crippen LogP contribution is 2.29. The maximum absolute atomic E-state index is 12.8. The Morgan fingerprint density at radius 1 is 0.893 bits per heavy atom. The topological polar surface area (TPSA) is 75.3 Å². The van der Waals surface area contributed by atoms with E-state index in [2.05, 4.69) is 45.2 Å². The Kier molecular flexibility index (Phi) is 5.30. The lowest BCUT2D eigenvalue weighted by molar-refractivity contribution is 0.0597. The van der Waals surface area contributed by atoms with Gasteiger partial charge in [-0.15, -0.1) is 0 Å². The van der Waals surface area contributed by atoms with Crippen molar-refractivity contribution in [3.8, 4) is 0 Å². The Balaban J connectivity index is 1.51. The molecule has 0 radical (unpaired) electrons. The summed E-state index contributed by atoms with van der Waals surface area (Å²) >= 11 is 0. The lowest BCUT2D eigenvalue weighted by Crippen LogP contribution is -2.49. The Morgan fingerprint density at radius 3 is 2.32 bits per heavy atom. The van der Waals surface area contributed by atoms with Gasteiger partial charge in [0.25, 0.3) is 5.91 Å². The van der Waals surface area contributed by atoms with Crippen LogP contribution in [-0.2, 0) is 0 Å². The molecule has 1 aliphatic rings. The number of nitrogens with zero attached hydrogens (tertiary/aromatic N) is 4. The van der Waals surface area contributed by atoms with E-state index in [-0.39, 0.29) is 11.9 Å². The van der Waals surface area contributed by atoms with Crippen LogP contribution in [0.15, 0.2) is 73.3 Å². The third-order valence-electron chi connectivity index (χ3n) is 5.09. The van der Waals surface area contributed by atoms with Crippen LogP contribution < -0.4 is 5.73 Å². The smallest absolute Gasteiger partial charge is 0.255 e. The SMILES string of the molecule is Nc1cncc(C(=O)N2CCN(C(c3ccccc3)c3cccnc3)CC2)c1. The van der Waals surface area contributed by atoms with E-state index in [0.29, 0.717) is 24.3 Å². The second-order valence-electron chi connectivity index (χ2n) is 6.93. The zero-order valence-electron chi connectivity index (χ0n) is 15.6. The van der Waals surface area contributed by atoms with Crippen LogP contribution in [0, 0.1) is 0 Å². The van der Waals surface area contributed by atoms with E-state index < -0.39 is 0 Å². The average molecular weight is 373 g/mol. The number of carbonyl (C=O) groups is 1. The van der Waals surface area contributed by atoms with E-state index >= 15 is 0 Å². The van der Waals surface area contributed by atoms with Crippen molar-refractivity contribution >= 4 is 11.6 Å². The third kappa shape index (κ3) is 3.87. The minimum atomic E-state index is -0.0166. The van der Waals surface area contributed by atoms with Gasteiger partial charge in [0.1, 0.15) is 0 Å². The molecule has 0 bridgehead atoms. The number of nitrogen functional groups attached to an aromatic ring is 1. The minimum absolute atomic E-state index is 0.0166. The van der Waals surface area contributed by atoms with Gasteiger partial charge in [-0.25, -0.2) is 0 Å². The highest BCUT2D eigenvalue weighted by Gasteiger charge is 2.28. The molecule has 0 saturated carbocycles. The highest BCUT2D eigenvalue weighted by atomic mass is 16.2. The largest absolute Gasteiger partial charge is 0.397 e. The predicted molar refractivity (Wildman–Crippen MR) is 109 cm³/mol. The fraction of sp³-hybridized carbons (Fsp3) is 0.227. The molecule has 1 fully saturated rings. The fourth-order valence-electron chi connectivity index (χ4n) is 3.73. The molecule has 1 aliphatic heterocycles. The standard InChI is InChI=1S/C22H23N5O/c23-20-13-19(15-25-16-20)22(28)27-11-9-26(10-12-27)21(17-5-2-1-3-6-17)18-7-4-8-24-14-18/h1-8,13-16,21H,9-12,23H2. The van der Waals surface area contributed by atoms with Crippen molar-refractivity contribution in [3.05, 3.63) is 90.0 Å². The lowest BCUT2D eigenvalue weighted by atomic mass is 9.97. The number of rotatable bonds is 4. The molecular formula is C22H23N5O. The molecule has 3 aromatic rings. The predicted octanol–water partition coefficient (Wildman–Crippen LogP) is 2.61. The molecule has 2 aromatic heterocycles. The van der Waals surface area contributed by atoms with Gasteiger partial charge in [-0.2, -0.15) is 0 Å². The summed E-state index contributed by atoms with van der Waals surface area (Å²) < 4.78 is 0. The number of hydrogen-bond acceptors (Lipinski definition) is 5. The molecule has 28 heavy (non-hydrogen) atoms. The molecule has 1 atom stereocenters. The molecule has 1 unspecified atom stereocenters. The molecule has 1 saturated heterocycles. The first-order chi connectivity index (χ1) is 13.7. The van der Waals surface area contributed by atoms with Gasteiger partial charge in [-0.05, 0) is 23.3 Å². The zero-order valence-corrected chi connectivity index (χ0v) is 15.6.